The summed E-state index contributed by atoms with van der Waals surface area (Å²) in [6, 6.07) is 2.09. The van der Waals surface area contributed by atoms with E-state index >= 15 is 0 Å². The predicted molar refractivity (Wildman–Crippen MR) is 79.6 cm³/mol. The van der Waals surface area contributed by atoms with Gasteiger partial charge in [0.15, 0.2) is 0 Å². The number of aryl methyl sites for hydroxylation is 1. The van der Waals surface area contributed by atoms with Gasteiger partial charge in [0, 0.05) is 30.9 Å². The normalized spacial score (nSPS) is 27.5. The average Bonchev–Trinajstić information content (AvgIpc) is 2.89. The molecule has 3 rings (SSSR count). The third kappa shape index (κ3) is 2.42. The Morgan fingerprint density at radius 1 is 1.27 bits per heavy atom. The fourth-order valence-electron chi connectivity index (χ4n) is 3.80. The van der Waals surface area contributed by atoms with Crippen molar-refractivity contribution in [3.63, 3.8) is 0 Å². The number of aromatic nitrogens is 1. The van der Waals surface area contributed by atoms with Gasteiger partial charge in [-0.05, 0) is 31.2 Å². The fourth-order valence-corrected chi connectivity index (χ4v) is 3.80. The number of fused-ring (bicyclic) bond motifs is 1. The van der Waals surface area contributed by atoms with Gasteiger partial charge >= 0.3 is 5.97 Å². The third-order valence-electron chi connectivity index (χ3n) is 4.96. The lowest BCUT2D eigenvalue weighted by atomic mass is 9.84. The largest absolute Gasteiger partial charge is 0.480 e. The lowest BCUT2D eigenvalue weighted by Gasteiger charge is -2.33. The monoisotopic (exact) mass is 304 g/mol. The number of carbonyl (C=O) groups is 2. The van der Waals surface area contributed by atoms with Crippen molar-refractivity contribution in [3.8, 4) is 0 Å². The summed E-state index contributed by atoms with van der Waals surface area (Å²) in [6.07, 6.45) is 6.02. The number of aliphatic carboxylic acids is 1. The lowest BCUT2D eigenvalue weighted by molar-refractivity contribution is -0.141. The van der Waals surface area contributed by atoms with Crippen molar-refractivity contribution in [2.75, 3.05) is 0 Å². The van der Waals surface area contributed by atoms with Crippen LogP contribution >= 0.6 is 0 Å². The average molecular weight is 304 g/mol. The van der Waals surface area contributed by atoms with E-state index in [4.69, 9.17) is 0 Å². The molecule has 22 heavy (non-hydrogen) atoms. The van der Waals surface area contributed by atoms with Gasteiger partial charge < -0.3 is 14.6 Å². The van der Waals surface area contributed by atoms with E-state index < -0.39 is 12.0 Å². The van der Waals surface area contributed by atoms with E-state index in [1.165, 1.54) is 15.5 Å². The maximum Gasteiger partial charge on any atom is 0.326 e. The molecular formula is C16H20N2O4. The number of likely N-dealkylation sites (tertiary alicyclic amines) is 1. The molecule has 1 aliphatic carbocycles. The van der Waals surface area contributed by atoms with E-state index in [2.05, 4.69) is 0 Å². The lowest BCUT2D eigenvalue weighted by Crippen LogP contribution is -2.46. The van der Waals surface area contributed by atoms with Crippen LogP contribution in [-0.2, 0) is 11.8 Å². The SMILES string of the molecule is Cn1ccc(C(=O)N2[C@H](C(=O)O)C[C@H]3CCCC[C@@H]32)cc1=O. The second-order valence-electron chi connectivity index (χ2n) is 6.28. The van der Waals surface area contributed by atoms with Gasteiger partial charge in [0.1, 0.15) is 6.04 Å². The van der Waals surface area contributed by atoms with Crippen molar-refractivity contribution in [1.82, 2.24) is 9.47 Å². The van der Waals surface area contributed by atoms with Crippen LogP contribution in [0.1, 0.15) is 42.5 Å². The van der Waals surface area contributed by atoms with Crippen molar-refractivity contribution < 1.29 is 14.7 Å². The maximum absolute atomic E-state index is 12.8. The number of carboxylic acids is 1. The molecule has 6 nitrogen and oxygen atoms in total. The number of pyridine rings is 1. The summed E-state index contributed by atoms with van der Waals surface area (Å²) in [7, 11) is 1.61. The molecule has 3 atom stereocenters. The van der Waals surface area contributed by atoms with Crippen molar-refractivity contribution >= 4 is 11.9 Å². The molecule has 0 aromatic carbocycles. The van der Waals surface area contributed by atoms with E-state index in [1.54, 1.807) is 19.3 Å². The summed E-state index contributed by atoms with van der Waals surface area (Å²) < 4.78 is 1.39. The third-order valence-corrected chi connectivity index (χ3v) is 4.96. The van der Waals surface area contributed by atoms with E-state index in [0.717, 1.165) is 25.7 Å². The second-order valence-corrected chi connectivity index (χ2v) is 6.28. The summed E-state index contributed by atoms with van der Waals surface area (Å²) in [6.45, 7) is 0. The number of nitrogens with zero attached hydrogens (tertiary/aromatic N) is 2. The molecule has 0 unspecified atom stereocenters. The van der Waals surface area contributed by atoms with Crippen LogP contribution in [0.4, 0.5) is 0 Å². The highest BCUT2D eigenvalue weighted by Gasteiger charge is 2.47. The molecule has 0 bridgehead atoms. The van der Waals surface area contributed by atoms with Crippen LogP contribution in [0.15, 0.2) is 23.1 Å². The fraction of sp³-hybridized carbons (Fsp3) is 0.562. The van der Waals surface area contributed by atoms with Gasteiger partial charge in [-0.15, -0.1) is 0 Å². The molecule has 2 aliphatic rings. The van der Waals surface area contributed by atoms with E-state index in [-0.39, 0.29) is 29.0 Å². The number of hydrogen-bond acceptors (Lipinski definition) is 3. The molecular weight excluding hydrogens is 284 g/mol. The Labute approximate surface area is 128 Å². The van der Waals surface area contributed by atoms with E-state index in [1.807, 2.05) is 0 Å². The number of rotatable bonds is 2. The predicted octanol–water partition coefficient (Wildman–Crippen LogP) is 1.24. The van der Waals surface area contributed by atoms with Gasteiger partial charge in [0.25, 0.3) is 11.5 Å². The Hall–Kier alpha value is -2.11. The molecule has 1 amide bonds. The van der Waals surface area contributed by atoms with Gasteiger partial charge in [-0.2, -0.15) is 0 Å². The molecule has 1 aromatic heterocycles. The summed E-state index contributed by atoms with van der Waals surface area (Å²) in [5.41, 5.74) is 0.0117. The number of carboxylic acid groups (broad SMARTS) is 1. The number of carbonyl (C=O) groups excluding carboxylic acids is 1. The minimum atomic E-state index is -0.952. The molecule has 1 N–H and O–H groups in total. The summed E-state index contributed by atoms with van der Waals surface area (Å²) in [5, 5.41) is 9.47. The Morgan fingerprint density at radius 2 is 2.00 bits per heavy atom. The molecule has 6 heteroatoms. The first-order valence-corrected chi connectivity index (χ1v) is 7.71. The van der Waals surface area contributed by atoms with Crippen LogP contribution in [0, 0.1) is 5.92 Å². The van der Waals surface area contributed by atoms with Crippen LogP contribution < -0.4 is 5.56 Å². The molecule has 1 saturated carbocycles. The summed E-state index contributed by atoms with van der Waals surface area (Å²) in [4.78, 5) is 37.6. The number of hydrogen-bond donors (Lipinski definition) is 1. The molecule has 2 heterocycles. The molecule has 2 fully saturated rings. The molecule has 0 spiro atoms. The van der Waals surface area contributed by atoms with Crippen molar-refractivity contribution in [2.45, 2.75) is 44.2 Å². The van der Waals surface area contributed by atoms with Crippen LogP contribution in [0.2, 0.25) is 0 Å². The Bertz CT molecular complexity index is 666. The maximum atomic E-state index is 12.8. The molecule has 0 radical (unpaired) electrons. The van der Waals surface area contributed by atoms with Crippen molar-refractivity contribution in [2.24, 2.45) is 13.0 Å². The highest BCUT2D eigenvalue weighted by Crippen LogP contribution is 2.40. The summed E-state index contributed by atoms with van der Waals surface area (Å²) >= 11 is 0. The van der Waals surface area contributed by atoms with Crippen LogP contribution in [0.3, 0.4) is 0 Å². The van der Waals surface area contributed by atoms with Crippen molar-refractivity contribution in [3.05, 3.63) is 34.2 Å². The number of amides is 1. The van der Waals surface area contributed by atoms with Crippen LogP contribution in [0.25, 0.3) is 0 Å². The molecule has 1 saturated heterocycles. The van der Waals surface area contributed by atoms with Gasteiger partial charge in [0.05, 0.1) is 0 Å². The van der Waals surface area contributed by atoms with Gasteiger partial charge in [0.2, 0.25) is 0 Å². The Morgan fingerprint density at radius 3 is 2.68 bits per heavy atom. The Kier molecular flexibility index (Phi) is 3.76. The van der Waals surface area contributed by atoms with E-state index in [9.17, 15) is 19.5 Å². The topological polar surface area (TPSA) is 79.6 Å². The zero-order chi connectivity index (χ0) is 15.9. The Balaban J connectivity index is 1.95. The quantitative estimate of drug-likeness (QED) is 0.891. The minimum absolute atomic E-state index is 0.00796. The molecule has 1 aliphatic heterocycles. The molecule has 118 valence electrons. The zero-order valence-electron chi connectivity index (χ0n) is 12.6. The second kappa shape index (κ2) is 5.59. The van der Waals surface area contributed by atoms with Crippen molar-refractivity contribution in [1.29, 1.82) is 0 Å². The first-order valence-electron chi connectivity index (χ1n) is 7.71. The van der Waals surface area contributed by atoms with Gasteiger partial charge in [-0.25, -0.2) is 4.79 Å². The minimum Gasteiger partial charge on any atom is -0.480 e. The van der Waals surface area contributed by atoms with Crippen LogP contribution in [-0.4, -0.2) is 38.5 Å². The van der Waals surface area contributed by atoms with Crippen LogP contribution in [0.5, 0.6) is 0 Å². The molecule has 1 aromatic rings. The smallest absolute Gasteiger partial charge is 0.326 e. The first kappa shape index (κ1) is 14.8. The first-order chi connectivity index (χ1) is 10.5. The highest BCUT2D eigenvalue weighted by atomic mass is 16.4. The standard InChI is InChI=1S/C16H20N2O4/c1-17-7-6-11(9-14(17)19)15(20)18-12-5-3-2-4-10(12)8-13(18)16(21)22/h6-7,9-10,12-13H,2-5,8H2,1H3,(H,21,22)/t10-,12+,13+/m1/s1. The van der Waals surface area contributed by atoms with E-state index in [0.29, 0.717) is 6.42 Å². The van der Waals surface area contributed by atoms with Gasteiger partial charge in [-0.3, -0.25) is 9.59 Å². The van der Waals surface area contributed by atoms with Gasteiger partial charge in [-0.1, -0.05) is 12.8 Å². The highest BCUT2D eigenvalue weighted by molar-refractivity contribution is 5.97. The summed E-state index contributed by atoms with van der Waals surface area (Å²) in [5.74, 6) is -1.02. The zero-order valence-corrected chi connectivity index (χ0v) is 12.6.